The molecule has 0 unspecified atom stereocenters. The molecule has 0 aliphatic carbocycles. The van der Waals surface area contributed by atoms with Crippen LogP contribution in [0.5, 0.6) is 0 Å². The Balaban J connectivity index is 2.19. The Labute approximate surface area is 134 Å². The Morgan fingerprint density at radius 1 is 1.14 bits per heavy atom. The molecule has 1 aliphatic heterocycles. The van der Waals surface area contributed by atoms with Crippen molar-refractivity contribution in [1.29, 1.82) is 0 Å². The zero-order valence-electron chi connectivity index (χ0n) is 12.5. The van der Waals surface area contributed by atoms with Crippen LogP contribution in [0.25, 0.3) is 0 Å². The van der Waals surface area contributed by atoms with Crippen LogP contribution in [0.2, 0.25) is 5.02 Å². The van der Waals surface area contributed by atoms with Crippen molar-refractivity contribution in [2.24, 2.45) is 4.99 Å². The molecule has 0 spiro atoms. The SMILES string of the molecule is CN(C)C1=Nc2ccc(Cl)cc2N(c2ccccc2)C(=O)C1. The first-order valence-corrected chi connectivity index (χ1v) is 7.36. The first-order valence-electron chi connectivity index (χ1n) is 6.98. The summed E-state index contributed by atoms with van der Waals surface area (Å²) in [6, 6.07) is 15.0. The van der Waals surface area contributed by atoms with Gasteiger partial charge in [0.25, 0.3) is 0 Å². The number of rotatable bonds is 1. The van der Waals surface area contributed by atoms with E-state index < -0.39 is 0 Å². The number of carbonyl (C=O) groups excluding carboxylic acids is 1. The van der Waals surface area contributed by atoms with Gasteiger partial charge in [0.15, 0.2) is 0 Å². The second-order valence-corrected chi connectivity index (χ2v) is 5.73. The number of halogens is 1. The number of hydrogen-bond acceptors (Lipinski definition) is 3. The number of carbonyl (C=O) groups is 1. The van der Waals surface area contributed by atoms with Crippen molar-refractivity contribution >= 4 is 40.4 Å². The number of nitrogens with zero attached hydrogens (tertiary/aromatic N) is 3. The highest BCUT2D eigenvalue weighted by atomic mass is 35.5. The molecule has 112 valence electrons. The van der Waals surface area contributed by atoms with Crippen LogP contribution in [-0.4, -0.2) is 30.7 Å². The number of para-hydroxylation sites is 1. The van der Waals surface area contributed by atoms with Gasteiger partial charge in [0.1, 0.15) is 5.84 Å². The Morgan fingerprint density at radius 3 is 2.55 bits per heavy atom. The fourth-order valence-corrected chi connectivity index (χ4v) is 2.58. The van der Waals surface area contributed by atoms with Gasteiger partial charge in [-0.2, -0.15) is 0 Å². The normalized spacial score (nSPS) is 14.2. The van der Waals surface area contributed by atoms with Crippen LogP contribution in [0.4, 0.5) is 17.1 Å². The molecule has 22 heavy (non-hydrogen) atoms. The van der Waals surface area contributed by atoms with Crippen molar-refractivity contribution in [2.75, 3.05) is 19.0 Å². The summed E-state index contributed by atoms with van der Waals surface area (Å²) in [6.07, 6.45) is 0.244. The number of amidine groups is 1. The average Bonchev–Trinajstić information content (AvgIpc) is 2.64. The first kappa shape index (κ1) is 14.6. The minimum atomic E-state index is -0.0281. The van der Waals surface area contributed by atoms with Gasteiger partial charge in [-0.15, -0.1) is 0 Å². The highest BCUT2D eigenvalue weighted by Crippen LogP contribution is 2.38. The molecule has 0 atom stereocenters. The fourth-order valence-electron chi connectivity index (χ4n) is 2.42. The van der Waals surface area contributed by atoms with Crippen molar-refractivity contribution in [3.8, 4) is 0 Å². The molecule has 3 rings (SSSR count). The van der Waals surface area contributed by atoms with Crippen molar-refractivity contribution in [3.05, 3.63) is 53.6 Å². The van der Waals surface area contributed by atoms with Crippen LogP contribution in [0, 0.1) is 0 Å². The molecule has 1 amide bonds. The van der Waals surface area contributed by atoms with E-state index in [9.17, 15) is 4.79 Å². The molecule has 0 fully saturated rings. The summed E-state index contributed by atoms with van der Waals surface area (Å²) >= 11 is 6.13. The Hall–Kier alpha value is -2.33. The largest absolute Gasteiger partial charge is 0.366 e. The molecule has 0 aromatic heterocycles. The second-order valence-electron chi connectivity index (χ2n) is 5.30. The zero-order valence-corrected chi connectivity index (χ0v) is 13.2. The van der Waals surface area contributed by atoms with Crippen LogP contribution in [0.3, 0.4) is 0 Å². The third-order valence-electron chi connectivity index (χ3n) is 3.52. The molecule has 4 nitrogen and oxygen atoms in total. The van der Waals surface area contributed by atoms with Gasteiger partial charge in [-0.1, -0.05) is 29.8 Å². The molecule has 2 aromatic rings. The number of benzene rings is 2. The fraction of sp³-hybridized carbons (Fsp3) is 0.176. The molecule has 1 heterocycles. The van der Waals surface area contributed by atoms with E-state index in [1.807, 2.05) is 55.4 Å². The lowest BCUT2D eigenvalue weighted by molar-refractivity contribution is -0.116. The number of anilines is 2. The number of aliphatic imine (C=N–C) groups is 1. The lowest BCUT2D eigenvalue weighted by Gasteiger charge is -2.23. The van der Waals surface area contributed by atoms with Crippen LogP contribution >= 0.6 is 11.6 Å². The van der Waals surface area contributed by atoms with E-state index >= 15 is 0 Å². The highest BCUT2D eigenvalue weighted by molar-refractivity contribution is 6.31. The number of fused-ring (bicyclic) bond motifs is 1. The van der Waals surface area contributed by atoms with Crippen LogP contribution < -0.4 is 4.90 Å². The summed E-state index contributed by atoms with van der Waals surface area (Å²) < 4.78 is 0. The summed E-state index contributed by atoms with van der Waals surface area (Å²) in [5.41, 5.74) is 2.26. The van der Waals surface area contributed by atoms with Crippen LogP contribution in [0.1, 0.15) is 6.42 Å². The van der Waals surface area contributed by atoms with Crippen LogP contribution in [0.15, 0.2) is 53.5 Å². The van der Waals surface area contributed by atoms with E-state index in [0.717, 1.165) is 17.2 Å². The topological polar surface area (TPSA) is 35.9 Å². The van der Waals surface area contributed by atoms with Gasteiger partial charge in [0.2, 0.25) is 5.91 Å². The van der Waals surface area contributed by atoms with Gasteiger partial charge in [0.05, 0.1) is 17.8 Å². The molecule has 5 heteroatoms. The average molecular weight is 314 g/mol. The molecule has 0 saturated heterocycles. The number of hydrogen-bond donors (Lipinski definition) is 0. The number of amides is 1. The standard InChI is InChI=1S/C17H16ClN3O/c1-20(2)16-11-17(22)21(13-6-4-3-5-7-13)15-10-12(18)8-9-14(15)19-16/h3-10H,11H2,1-2H3. The third-order valence-corrected chi connectivity index (χ3v) is 3.75. The lowest BCUT2D eigenvalue weighted by atomic mass is 10.2. The maximum absolute atomic E-state index is 12.8. The molecule has 1 aliphatic rings. The third kappa shape index (κ3) is 2.70. The van der Waals surface area contributed by atoms with Gasteiger partial charge < -0.3 is 4.90 Å². The van der Waals surface area contributed by atoms with Crippen molar-refractivity contribution < 1.29 is 4.79 Å². The Morgan fingerprint density at radius 2 is 1.86 bits per heavy atom. The van der Waals surface area contributed by atoms with E-state index in [1.54, 1.807) is 17.0 Å². The predicted octanol–water partition coefficient (Wildman–Crippen LogP) is 4.00. The van der Waals surface area contributed by atoms with Crippen molar-refractivity contribution in [2.45, 2.75) is 6.42 Å². The quantitative estimate of drug-likeness (QED) is 0.797. The maximum Gasteiger partial charge on any atom is 0.239 e. The van der Waals surface area contributed by atoms with E-state index in [-0.39, 0.29) is 12.3 Å². The van der Waals surface area contributed by atoms with Crippen molar-refractivity contribution in [1.82, 2.24) is 4.90 Å². The zero-order chi connectivity index (χ0) is 15.7. The van der Waals surface area contributed by atoms with Crippen molar-refractivity contribution in [3.63, 3.8) is 0 Å². The van der Waals surface area contributed by atoms with Gasteiger partial charge in [-0.25, -0.2) is 4.99 Å². The smallest absolute Gasteiger partial charge is 0.239 e. The van der Waals surface area contributed by atoms with E-state index in [1.165, 1.54) is 0 Å². The molecule has 0 bridgehead atoms. The molecule has 0 saturated carbocycles. The summed E-state index contributed by atoms with van der Waals surface area (Å²) in [5.74, 6) is 0.701. The van der Waals surface area contributed by atoms with Crippen LogP contribution in [-0.2, 0) is 4.79 Å². The van der Waals surface area contributed by atoms with E-state index in [2.05, 4.69) is 4.99 Å². The summed E-state index contributed by atoms with van der Waals surface area (Å²) in [4.78, 5) is 21.0. The summed E-state index contributed by atoms with van der Waals surface area (Å²) in [5, 5.41) is 0.580. The minimum Gasteiger partial charge on any atom is -0.366 e. The monoisotopic (exact) mass is 313 g/mol. The van der Waals surface area contributed by atoms with Gasteiger partial charge in [-0.3, -0.25) is 9.69 Å². The molecular weight excluding hydrogens is 298 g/mol. The highest BCUT2D eigenvalue weighted by Gasteiger charge is 2.26. The first-order chi connectivity index (χ1) is 10.6. The van der Waals surface area contributed by atoms with Gasteiger partial charge in [-0.05, 0) is 30.3 Å². The van der Waals surface area contributed by atoms with Gasteiger partial charge >= 0.3 is 0 Å². The second kappa shape index (κ2) is 5.81. The molecule has 0 radical (unpaired) electrons. The molecule has 0 N–H and O–H groups in total. The van der Waals surface area contributed by atoms with E-state index in [4.69, 9.17) is 11.6 Å². The minimum absolute atomic E-state index is 0.0281. The molecular formula is C17H16ClN3O. The summed E-state index contributed by atoms with van der Waals surface area (Å²) in [6.45, 7) is 0. The Kier molecular flexibility index (Phi) is 3.86. The summed E-state index contributed by atoms with van der Waals surface area (Å²) in [7, 11) is 3.78. The Bertz CT molecular complexity index is 741. The predicted molar refractivity (Wildman–Crippen MR) is 90.4 cm³/mol. The van der Waals surface area contributed by atoms with E-state index in [0.29, 0.717) is 10.7 Å². The lowest BCUT2D eigenvalue weighted by Crippen LogP contribution is -2.30. The maximum atomic E-state index is 12.8. The van der Waals surface area contributed by atoms with Gasteiger partial charge in [0, 0.05) is 24.8 Å². The molecule has 2 aromatic carbocycles.